The minimum absolute atomic E-state index is 0.778. The summed E-state index contributed by atoms with van der Waals surface area (Å²) in [6, 6.07) is 3.63. The molecule has 2 aromatic heterocycles. The van der Waals surface area contributed by atoms with Crippen LogP contribution in [0, 0.1) is 0 Å². The molecule has 0 aromatic carbocycles. The molecular weight excluding hydrogens is 186 g/mol. The van der Waals surface area contributed by atoms with Crippen LogP contribution in [0.3, 0.4) is 0 Å². The number of hydrogen-bond acceptors (Lipinski definition) is 5. The Balaban J connectivity index is 2.41. The Bertz CT molecular complexity index is 388. The average Bonchev–Trinajstić information content (AvgIpc) is 2.71. The predicted molar refractivity (Wildman–Crippen MR) is 49.7 cm³/mol. The van der Waals surface area contributed by atoms with Crippen molar-refractivity contribution in [1.29, 1.82) is 0 Å². The Morgan fingerprint density at radius 3 is 3.08 bits per heavy atom. The van der Waals surface area contributed by atoms with Crippen molar-refractivity contribution in [3.63, 3.8) is 0 Å². The van der Waals surface area contributed by atoms with Crippen molar-refractivity contribution >= 4 is 11.3 Å². The minimum atomic E-state index is 0.778. The Hall–Kier alpha value is -1.49. The highest BCUT2D eigenvalue weighted by atomic mass is 32.1. The number of ether oxygens (including phenoxy) is 1. The summed E-state index contributed by atoms with van der Waals surface area (Å²) in [5.74, 6) is 0.778. The van der Waals surface area contributed by atoms with Gasteiger partial charge in [-0.1, -0.05) is 11.3 Å². The summed E-state index contributed by atoms with van der Waals surface area (Å²) in [5.41, 5.74) is 2.47. The van der Waals surface area contributed by atoms with Gasteiger partial charge in [-0.2, -0.15) is 0 Å². The van der Waals surface area contributed by atoms with Crippen LogP contribution in [0.25, 0.3) is 10.7 Å². The normalized spacial score (nSPS) is 9.92. The van der Waals surface area contributed by atoms with E-state index in [1.807, 2.05) is 6.07 Å². The molecule has 0 spiro atoms. The number of rotatable bonds is 2. The molecule has 0 radical (unpaired) electrons. The standard InChI is InChI=1S/C8H7N3OS/c1-12-6-2-3-9-7(4-6)8-11-10-5-13-8/h2-5H,1H3. The van der Waals surface area contributed by atoms with Gasteiger partial charge in [0.05, 0.1) is 7.11 Å². The molecule has 2 aromatic rings. The van der Waals surface area contributed by atoms with Gasteiger partial charge in [0, 0.05) is 12.3 Å². The number of nitrogens with zero attached hydrogens (tertiary/aromatic N) is 3. The van der Waals surface area contributed by atoms with Crippen LogP contribution in [0.15, 0.2) is 23.8 Å². The molecule has 4 nitrogen and oxygen atoms in total. The largest absolute Gasteiger partial charge is 0.497 e. The van der Waals surface area contributed by atoms with Gasteiger partial charge >= 0.3 is 0 Å². The molecular formula is C8H7N3OS. The first-order valence-electron chi connectivity index (χ1n) is 3.67. The number of aromatic nitrogens is 3. The second kappa shape index (κ2) is 3.49. The average molecular weight is 193 g/mol. The summed E-state index contributed by atoms with van der Waals surface area (Å²) in [6.07, 6.45) is 1.69. The van der Waals surface area contributed by atoms with Crippen molar-refractivity contribution in [2.24, 2.45) is 0 Å². The molecule has 0 unspecified atom stereocenters. The second-order valence-electron chi connectivity index (χ2n) is 2.32. The fraction of sp³-hybridized carbons (Fsp3) is 0.125. The molecule has 0 saturated heterocycles. The maximum Gasteiger partial charge on any atom is 0.166 e. The molecule has 66 valence electrons. The Kier molecular flexibility index (Phi) is 2.18. The maximum absolute atomic E-state index is 5.07. The van der Waals surface area contributed by atoms with Gasteiger partial charge in [-0.05, 0) is 6.07 Å². The molecule has 0 aliphatic rings. The molecule has 0 fully saturated rings. The van der Waals surface area contributed by atoms with Gasteiger partial charge in [-0.15, -0.1) is 10.2 Å². The quantitative estimate of drug-likeness (QED) is 0.727. The highest BCUT2D eigenvalue weighted by Crippen LogP contribution is 2.21. The third-order valence-corrected chi connectivity index (χ3v) is 2.26. The summed E-state index contributed by atoms with van der Waals surface area (Å²) in [5, 5.41) is 8.46. The van der Waals surface area contributed by atoms with Crippen molar-refractivity contribution in [2.45, 2.75) is 0 Å². The molecule has 2 heterocycles. The molecule has 0 N–H and O–H groups in total. The lowest BCUT2D eigenvalue weighted by molar-refractivity contribution is 0.414. The molecule has 5 heteroatoms. The fourth-order valence-corrected chi connectivity index (χ4v) is 1.46. The molecule has 13 heavy (non-hydrogen) atoms. The van der Waals surface area contributed by atoms with E-state index in [9.17, 15) is 0 Å². The van der Waals surface area contributed by atoms with Crippen molar-refractivity contribution in [3.05, 3.63) is 23.8 Å². The molecule has 0 amide bonds. The topological polar surface area (TPSA) is 47.9 Å². The van der Waals surface area contributed by atoms with Gasteiger partial charge in [-0.25, -0.2) is 0 Å². The first-order valence-corrected chi connectivity index (χ1v) is 4.54. The lowest BCUT2D eigenvalue weighted by Crippen LogP contribution is -1.86. The van der Waals surface area contributed by atoms with Gasteiger partial charge in [0.25, 0.3) is 0 Å². The predicted octanol–water partition coefficient (Wildman–Crippen LogP) is 1.61. The third kappa shape index (κ3) is 1.65. The van der Waals surface area contributed by atoms with Crippen LogP contribution in [0.5, 0.6) is 5.75 Å². The Labute approximate surface area is 79.2 Å². The fourth-order valence-electron chi connectivity index (χ4n) is 0.940. The van der Waals surface area contributed by atoms with E-state index in [4.69, 9.17) is 4.74 Å². The molecule has 0 bridgehead atoms. The van der Waals surface area contributed by atoms with Crippen LogP contribution in [-0.2, 0) is 0 Å². The molecule has 0 saturated carbocycles. The van der Waals surface area contributed by atoms with Crippen molar-refractivity contribution in [3.8, 4) is 16.5 Å². The monoisotopic (exact) mass is 193 g/mol. The maximum atomic E-state index is 5.07. The van der Waals surface area contributed by atoms with Crippen LogP contribution < -0.4 is 4.74 Å². The summed E-state index contributed by atoms with van der Waals surface area (Å²) in [4.78, 5) is 4.16. The molecule has 2 rings (SSSR count). The highest BCUT2D eigenvalue weighted by molar-refractivity contribution is 7.12. The van der Waals surface area contributed by atoms with Gasteiger partial charge < -0.3 is 4.74 Å². The third-order valence-electron chi connectivity index (χ3n) is 1.55. The summed E-state index contributed by atoms with van der Waals surface area (Å²) >= 11 is 1.45. The van der Waals surface area contributed by atoms with E-state index < -0.39 is 0 Å². The lowest BCUT2D eigenvalue weighted by atomic mass is 10.3. The zero-order valence-electron chi connectivity index (χ0n) is 6.97. The van der Waals surface area contributed by atoms with Gasteiger partial charge in [0.1, 0.15) is 17.0 Å². The van der Waals surface area contributed by atoms with E-state index in [0.29, 0.717) is 0 Å². The van der Waals surface area contributed by atoms with Crippen LogP contribution >= 0.6 is 11.3 Å². The molecule has 0 aliphatic carbocycles. The van der Waals surface area contributed by atoms with Gasteiger partial charge in [-0.3, -0.25) is 4.98 Å². The van der Waals surface area contributed by atoms with E-state index in [1.54, 1.807) is 24.9 Å². The van der Waals surface area contributed by atoms with E-state index in [0.717, 1.165) is 16.5 Å². The Morgan fingerprint density at radius 1 is 1.46 bits per heavy atom. The lowest BCUT2D eigenvalue weighted by Gasteiger charge is -1.99. The van der Waals surface area contributed by atoms with Gasteiger partial charge in [0.15, 0.2) is 5.01 Å². The van der Waals surface area contributed by atoms with E-state index in [2.05, 4.69) is 15.2 Å². The zero-order valence-corrected chi connectivity index (χ0v) is 7.78. The summed E-state index contributed by atoms with van der Waals surface area (Å²) < 4.78 is 5.07. The Morgan fingerprint density at radius 2 is 2.38 bits per heavy atom. The van der Waals surface area contributed by atoms with Crippen molar-refractivity contribution in [1.82, 2.24) is 15.2 Å². The molecule has 0 aliphatic heterocycles. The van der Waals surface area contributed by atoms with Crippen molar-refractivity contribution in [2.75, 3.05) is 7.11 Å². The smallest absolute Gasteiger partial charge is 0.166 e. The summed E-state index contributed by atoms with van der Waals surface area (Å²) in [6.45, 7) is 0. The SMILES string of the molecule is COc1ccnc(-c2nncs2)c1. The van der Waals surface area contributed by atoms with E-state index in [-0.39, 0.29) is 0 Å². The first-order chi connectivity index (χ1) is 6.40. The second-order valence-corrected chi connectivity index (χ2v) is 3.16. The van der Waals surface area contributed by atoms with Gasteiger partial charge in [0.2, 0.25) is 0 Å². The summed E-state index contributed by atoms with van der Waals surface area (Å²) in [7, 11) is 1.62. The van der Waals surface area contributed by atoms with Crippen LogP contribution in [0.2, 0.25) is 0 Å². The van der Waals surface area contributed by atoms with Crippen LogP contribution in [-0.4, -0.2) is 22.3 Å². The highest BCUT2D eigenvalue weighted by Gasteiger charge is 2.03. The van der Waals surface area contributed by atoms with E-state index >= 15 is 0 Å². The number of methoxy groups -OCH3 is 1. The molecule has 0 atom stereocenters. The number of hydrogen-bond donors (Lipinski definition) is 0. The van der Waals surface area contributed by atoms with E-state index in [1.165, 1.54) is 11.3 Å². The number of pyridine rings is 1. The van der Waals surface area contributed by atoms with Crippen LogP contribution in [0.4, 0.5) is 0 Å². The first kappa shape index (κ1) is 8.12. The zero-order chi connectivity index (χ0) is 9.10. The van der Waals surface area contributed by atoms with Crippen LogP contribution in [0.1, 0.15) is 0 Å². The minimum Gasteiger partial charge on any atom is -0.497 e. The van der Waals surface area contributed by atoms with Crippen molar-refractivity contribution < 1.29 is 4.74 Å².